The number of fused-ring (bicyclic) bond motifs is 1. The number of nitrogens with two attached hydrogens (primary N) is 3. The Balaban J connectivity index is 1.76. The van der Waals surface area contributed by atoms with Gasteiger partial charge >= 0.3 is 0 Å². The first kappa shape index (κ1) is 23.9. The highest BCUT2D eigenvalue weighted by Crippen LogP contribution is 2.29. The molecule has 33 heavy (non-hydrogen) atoms. The molecule has 174 valence electrons. The number of hydrogen-bond donors (Lipinski definition) is 4. The number of amides is 1. The van der Waals surface area contributed by atoms with E-state index in [-0.39, 0.29) is 40.6 Å². The van der Waals surface area contributed by atoms with Crippen molar-refractivity contribution in [1.29, 1.82) is 0 Å². The minimum atomic E-state index is -4.48. The highest BCUT2D eigenvalue weighted by atomic mass is 32.2. The van der Waals surface area contributed by atoms with Crippen LogP contribution in [0.4, 0.5) is 0 Å². The molecule has 1 amide bonds. The molecule has 3 rings (SSSR count). The number of primary amides is 1. The molecule has 0 saturated carbocycles. The Hall–Kier alpha value is -3.74. The summed E-state index contributed by atoms with van der Waals surface area (Å²) in [6, 6.07) is 14.2. The second kappa shape index (κ2) is 10.3. The fraction of sp³-hybridized carbons (Fsp3) is 0.190. The molecule has 2 aromatic carbocycles. The molecule has 0 fully saturated rings. The molecule has 11 nitrogen and oxygen atoms in total. The van der Waals surface area contributed by atoms with Gasteiger partial charge in [-0.1, -0.05) is 40.9 Å². The second-order valence-corrected chi connectivity index (χ2v) is 8.85. The smallest absolute Gasteiger partial charge is 0.267 e. The Labute approximate surface area is 190 Å². The standard InChI is InChI=1S/C21H24N6O5S/c22-20(28)17(8-4-12-25-21(23)24)27(29)33(30,31)15-10-11-19(26-13-15)32-18-9-3-6-14-5-1-2-7-16(14)18/h1-3,5-7,9-11,13,17,29H,4,8,12H2,(H2,22,28)(H4,23,24,25)/t17-/m1/s1. The highest BCUT2D eigenvalue weighted by Gasteiger charge is 2.34. The summed E-state index contributed by atoms with van der Waals surface area (Å²) in [5.41, 5.74) is 15.7. The van der Waals surface area contributed by atoms with E-state index in [9.17, 15) is 18.4 Å². The first-order valence-electron chi connectivity index (χ1n) is 9.90. The van der Waals surface area contributed by atoms with E-state index in [4.69, 9.17) is 21.9 Å². The van der Waals surface area contributed by atoms with E-state index in [1.54, 1.807) is 6.07 Å². The van der Waals surface area contributed by atoms with Crippen molar-refractivity contribution in [2.45, 2.75) is 23.8 Å². The van der Waals surface area contributed by atoms with Crippen molar-refractivity contribution in [2.75, 3.05) is 6.54 Å². The van der Waals surface area contributed by atoms with Gasteiger partial charge in [-0.3, -0.25) is 15.0 Å². The number of hydrogen-bond acceptors (Lipinski definition) is 7. The van der Waals surface area contributed by atoms with Crippen LogP contribution in [-0.2, 0) is 14.8 Å². The summed E-state index contributed by atoms with van der Waals surface area (Å²) in [5, 5.41) is 12.1. The number of aliphatic imine (C=N–C) groups is 1. The Morgan fingerprint density at radius 1 is 1.09 bits per heavy atom. The molecule has 0 spiro atoms. The van der Waals surface area contributed by atoms with Crippen molar-refractivity contribution in [2.24, 2.45) is 22.2 Å². The SMILES string of the molecule is NC(=O)[C@@H](CCCN=C(N)N)N(O)S(=O)(=O)c1ccc(Oc2cccc3ccccc23)nc1. The van der Waals surface area contributed by atoms with Crippen LogP contribution in [0.5, 0.6) is 11.6 Å². The number of benzene rings is 2. The number of sulfonamides is 1. The molecule has 3 aromatic rings. The Bertz CT molecular complexity index is 1250. The number of pyridine rings is 1. The molecule has 0 aliphatic rings. The van der Waals surface area contributed by atoms with Gasteiger partial charge in [-0.2, -0.15) is 0 Å². The summed E-state index contributed by atoms with van der Waals surface area (Å²) in [5.74, 6) is -0.460. The molecule has 12 heteroatoms. The third kappa shape index (κ3) is 5.74. The topological polar surface area (TPSA) is 187 Å². The summed E-state index contributed by atoms with van der Waals surface area (Å²) in [7, 11) is -4.48. The van der Waals surface area contributed by atoms with Crippen molar-refractivity contribution in [3.05, 3.63) is 60.8 Å². The molecule has 0 unspecified atom stereocenters. The summed E-state index contributed by atoms with van der Waals surface area (Å²) in [4.78, 5) is 19.2. The van der Waals surface area contributed by atoms with E-state index in [0.717, 1.165) is 17.0 Å². The third-order valence-electron chi connectivity index (χ3n) is 4.74. The van der Waals surface area contributed by atoms with Gasteiger partial charge < -0.3 is 21.9 Å². The van der Waals surface area contributed by atoms with Crippen LogP contribution in [0.2, 0.25) is 0 Å². The molecule has 0 aliphatic heterocycles. The van der Waals surface area contributed by atoms with E-state index in [0.29, 0.717) is 5.75 Å². The number of nitrogens with zero attached hydrogens (tertiary/aromatic N) is 3. The first-order valence-corrected chi connectivity index (χ1v) is 11.3. The molecule has 7 N–H and O–H groups in total. The number of hydroxylamine groups is 1. The number of ether oxygens (including phenoxy) is 1. The van der Waals surface area contributed by atoms with Crippen molar-refractivity contribution in [1.82, 2.24) is 9.45 Å². The zero-order valence-electron chi connectivity index (χ0n) is 17.5. The van der Waals surface area contributed by atoms with Crippen LogP contribution in [0.1, 0.15) is 12.8 Å². The van der Waals surface area contributed by atoms with Gasteiger partial charge in [0.15, 0.2) is 5.96 Å². The van der Waals surface area contributed by atoms with Crippen LogP contribution in [0.15, 0.2) is 70.7 Å². The Kier molecular flexibility index (Phi) is 7.43. The minimum absolute atomic E-state index is 0.0624. The first-order chi connectivity index (χ1) is 15.7. The van der Waals surface area contributed by atoms with E-state index < -0.39 is 22.0 Å². The highest BCUT2D eigenvalue weighted by molar-refractivity contribution is 7.89. The molecule has 1 atom stereocenters. The van der Waals surface area contributed by atoms with Crippen LogP contribution in [0.25, 0.3) is 10.8 Å². The van der Waals surface area contributed by atoms with Gasteiger partial charge in [0.2, 0.25) is 11.8 Å². The van der Waals surface area contributed by atoms with E-state index in [1.165, 1.54) is 12.1 Å². The number of aromatic nitrogens is 1. The molecule has 0 aliphatic carbocycles. The lowest BCUT2D eigenvalue weighted by molar-refractivity contribution is -0.131. The number of carbonyl (C=O) groups is 1. The summed E-state index contributed by atoms with van der Waals surface area (Å²) in [6.45, 7) is 0.141. The van der Waals surface area contributed by atoms with Gasteiger partial charge in [-0.05, 0) is 30.4 Å². The lowest BCUT2D eigenvalue weighted by atomic mass is 10.1. The Morgan fingerprint density at radius 2 is 1.82 bits per heavy atom. The summed E-state index contributed by atoms with van der Waals surface area (Å²) in [6.07, 6.45) is 1.15. The quantitative estimate of drug-likeness (QED) is 0.147. The molecule has 1 heterocycles. The lowest BCUT2D eigenvalue weighted by Crippen LogP contribution is -2.46. The molecular weight excluding hydrogens is 448 g/mol. The average Bonchev–Trinajstić information content (AvgIpc) is 2.79. The monoisotopic (exact) mass is 472 g/mol. The maximum atomic E-state index is 12.8. The molecule has 1 aromatic heterocycles. The summed E-state index contributed by atoms with van der Waals surface area (Å²) < 4.78 is 31.3. The predicted molar refractivity (Wildman–Crippen MR) is 122 cm³/mol. The maximum absolute atomic E-state index is 12.8. The number of carbonyl (C=O) groups excluding carboxylic acids is 1. The molecule has 0 saturated heterocycles. The van der Waals surface area contributed by atoms with Gasteiger partial charge in [-0.25, -0.2) is 13.4 Å². The van der Waals surface area contributed by atoms with Crippen LogP contribution >= 0.6 is 0 Å². The van der Waals surface area contributed by atoms with Gasteiger partial charge in [0, 0.05) is 18.0 Å². The Morgan fingerprint density at radius 3 is 2.48 bits per heavy atom. The van der Waals surface area contributed by atoms with Gasteiger partial charge in [0.25, 0.3) is 10.0 Å². The number of rotatable bonds is 10. The van der Waals surface area contributed by atoms with E-state index >= 15 is 0 Å². The fourth-order valence-electron chi connectivity index (χ4n) is 3.11. The van der Waals surface area contributed by atoms with Crippen molar-refractivity contribution >= 4 is 32.7 Å². The number of guanidine groups is 1. The maximum Gasteiger partial charge on any atom is 0.267 e. The second-order valence-electron chi connectivity index (χ2n) is 7.06. The average molecular weight is 473 g/mol. The van der Waals surface area contributed by atoms with Crippen molar-refractivity contribution < 1.29 is 23.2 Å². The molecule has 0 bridgehead atoms. The van der Waals surface area contributed by atoms with Crippen LogP contribution < -0.4 is 21.9 Å². The van der Waals surface area contributed by atoms with Gasteiger partial charge in [-0.15, -0.1) is 0 Å². The van der Waals surface area contributed by atoms with Crippen molar-refractivity contribution in [3.8, 4) is 11.6 Å². The van der Waals surface area contributed by atoms with E-state index in [2.05, 4.69) is 9.98 Å². The van der Waals surface area contributed by atoms with Gasteiger partial charge in [0.05, 0.1) is 6.20 Å². The van der Waals surface area contributed by atoms with Gasteiger partial charge in [0.1, 0.15) is 16.7 Å². The lowest BCUT2D eigenvalue weighted by Gasteiger charge is -2.22. The summed E-state index contributed by atoms with van der Waals surface area (Å²) >= 11 is 0. The van der Waals surface area contributed by atoms with Crippen LogP contribution in [-0.4, -0.2) is 47.5 Å². The fourth-order valence-corrected chi connectivity index (χ4v) is 4.29. The normalized spacial score (nSPS) is 12.4. The molecular formula is C21H24N6O5S. The largest absolute Gasteiger partial charge is 0.438 e. The van der Waals surface area contributed by atoms with Crippen LogP contribution in [0, 0.1) is 0 Å². The minimum Gasteiger partial charge on any atom is -0.438 e. The van der Waals surface area contributed by atoms with E-state index in [1.807, 2.05) is 36.4 Å². The molecule has 0 radical (unpaired) electrons. The van der Waals surface area contributed by atoms with Crippen LogP contribution in [0.3, 0.4) is 0 Å². The zero-order valence-corrected chi connectivity index (χ0v) is 18.4. The zero-order chi connectivity index (χ0) is 24.0. The predicted octanol–water partition coefficient (Wildman–Crippen LogP) is 1.31. The third-order valence-corrected chi connectivity index (χ3v) is 6.33. The van der Waals surface area contributed by atoms with Crippen molar-refractivity contribution in [3.63, 3.8) is 0 Å².